The van der Waals surface area contributed by atoms with Crippen molar-refractivity contribution in [3.05, 3.63) is 28.3 Å². The minimum Gasteiger partial charge on any atom is -0.207 e. The predicted molar refractivity (Wildman–Crippen MR) is 87.5 cm³/mol. The largest absolute Gasteiger partial charge is 0.243 e. The number of sulfonamides is 1. The van der Waals surface area contributed by atoms with Crippen LogP contribution in [0, 0.1) is 12.8 Å². The monoisotopic (exact) mass is 349 g/mol. The smallest absolute Gasteiger partial charge is 0.207 e. The van der Waals surface area contributed by atoms with Crippen LogP contribution in [0.4, 0.5) is 0 Å². The van der Waals surface area contributed by atoms with Gasteiger partial charge in [0.1, 0.15) is 0 Å². The summed E-state index contributed by atoms with van der Waals surface area (Å²) in [5.41, 5.74) is 1.47. The summed E-state index contributed by atoms with van der Waals surface area (Å²) in [7, 11) is -3.49. The van der Waals surface area contributed by atoms with Gasteiger partial charge in [-0.05, 0) is 48.9 Å². The lowest BCUT2D eigenvalue weighted by atomic mass is 10.0. The SMILES string of the molecule is CCCC1CCN(S(=O)(=O)c2cc(Cl)cc(CCl)c2C)C1. The van der Waals surface area contributed by atoms with Crippen LogP contribution in [0.3, 0.4) is 0 Å². The fourth-order valence-electron chi connectivity index (χ4n) is 2.91. The molecule has 118 valence electrons. The van der Waals surface area contributed by atoms with E-state index in [2.05, 4.69) is 6.92 Å². The summed E-state index contributed by atoms with van der Waals surface area (Å²) in [6.45, 7) is 5.12. The third-order valence-corrected chi connectivity index (χ3v) is 6.64. The standard InChI is InChI=1S/C15H21Cl2NO2S/c1-3-4-12-5-6-18(10-12)21(19,20)15-8-14(17)7-13(9-16)11(15)2/h7-8,12H,3-6,9-10H2,1-2H3. The Kier molecular flexibility index (Phi) is 5.58. The van der Waals surface area contributed by atoms with Crippen LogP contribution in [0.15, 0.2) is 17.0 Å². The molecule has 1 aliphatic heterocycles. The lowest BCUT2D eigenvalue weighted by molar-refractivity contribution is 0.444. The van der Waals surface area contributed by atoms with Crippen LogP contribution in [0.5, 0.6) is 0 Å². The molecule has 1 saturated heterocycles. The van der Waals surface area contributed by atoms with Crippen molar-refractivity contribution in [1.82, 2.24) is 4.31 Å². The van der Waals surface area contributed by atoms with Crippen LogP contribution in [0.1, 0.15) is 37.3 Å². The first-order valence-corrected chi connectivity index (χ1v) is 9.60. The second kappa shape index (κ2) is 6.86. The van der Waals surface area contributed by atoms with Gasteiger partial charge in [0.15, 0.2) is 0 Å². The van der Waals surface area contributed by atoms with E-state index in [9.17, 15) is 8.42 Å². The summed E-state index contributed by atoms with van der Waals surface area (Å²) >= 11 is 11.9. The highest BCUT2D eigenvalue weighted by Crippen LogP contribution is 2.31. The first-order chi connectivity index (χ1) is 9.90. The van der Waals surface area contributed by atoms with Crippen LogP contribution in [0.25, 0.3) is 0 Å². The first-order valence-electron chi connectivity index (χ1n) is 7.25. The van der Waals surface area contributed by atoms with Crippen molar-refractivity contribution >= 4 is 33.2 Å². The van der Waals surface area contributed by atoms with Gasteiger partial charge in [0.2, 0.25) is 10.0 Å². The molecule has 0 aliphatic carbocycles. The molecule has 0 bridgehead atoms. The molecule has 0 N–H and O–H groups in total. The number of benzene rings is 1. The summed E-state index contributed by atoms with van der Waals surface area (Å²) in [6.07, 6.45) is 3.10. The predicted octanol–water partition coefficient (Wildman–Crippen LogP) is 4.20. The average molecular weight is 350 g/mol. The zero-order chi connectivity index (χ0) is 15.6. The second-order valence-corrected chi connectivity index (χ2v) is 8.24. The fourth-order valence-corrected chi connectivity index (χ4v) is 5.32. The number of alkyl halides is 1. The molecule has 6 heteroatoms. The van der Waals surface area contributed by atoms with Gasteiger partial charge in [-0.15, -0.1) is 11.6 Å². The molecule has 0 amide bonds. The Bertz CT molecular complexity index is 616. The summed E-state index contributed by atoms with van der Waals surface area (Å²) in [5.74, 6) is 0.727. The van der Waals surface area contributed by atoms with Gasteiger partial charge >= 0.3 is 0 Å². The molecule has 1 unspecified atom stereocenters. The molecule has 0 aromatic heterocycles. The minimum atomic E-state index is -3.49. The highest BCUT2D eigenvalue weighted by molar-refractivity contribution is 7.89. The van der Waals surface area contributed by atoms with Crippen LogP contribution in [0.2, 0.25) is 5.02 Å². The van der Waals surface area contributed by atoms with Gasteiger partial charge in [-0.3, -0.25) is 0 Å². The lowest BCUT2D eigenvalue weighted by Crippen LogP contribution is -2.29. The van der Waals surface area contributed by atoms with Gasteiger partial charge in [-0.25, -0.2) is 8.42 Å². The van der Waals surface area contributed by atoms with E-state index in [4.69, 9.17) is 23.2 Å². The zero-order valence-electron chi connectivity index (χ0n) is 12.4. The summed E-state index contributed by atoms with van der Waals surface area (Å²) in [6, 6.07) is 3.27. The Morgan fingerprint density at radius 2 is 2.10 bits per heavy atom. The van der Waals surface area contributed by atoms with E-state index in [0.29, 0.717) is 34.5 Å². The van der Waals surface area contributed by atoms with Gasteiger partial charge in [0, 0.05) is 24.0 Å². The van der Waals surface area contributed by atoms with Gasteiger partial charge < -0.3 is 0 Å². The van der Waals surface area contributed by atoms with Crippen molar-refractivity contribution in [2.75, 3.05) is 13.1 Å². The lowest BCUT2D eigenvalue weighted by Gasteiger charge is -2.19. The summed E-state index contributed by atoms with van der Waals surface area (Å²) in [5, 5.41) is 0.416. The number of nitrogens with zero attached hydrogens (tertiary/aromatic N) is 1. The Morgan fingerprint density at radius 3 is 2.71 bits per heavy atom. The maximum atomic E-state index is 12.8. The molecule has 21 heavy (non-hydrogen) atoms. The first kappa shape index (κ1) is 17.1. The van der Waals surface area contributed by atoms with Crippen molar-refractivity contribution in [2.24, 2.45) is 5.92 Å². The van der Waals surface area contributed by atoms with Gasteiger partial charge in [0.25, 0.3) is 0 Å². The van der Waals surface area contributed by atoms with Crippen LogP contribution in [-0.4, -0.2) is 25.8 Å². The molecule has 1 heterocycles. The number of halogens is 2. The van der Waals surface area contributed by atoms with Gasteiger partial charge in [-0.1, -0.05) is 24.9 Å². The number of hydrogen-bond donors (Lipinski definition) is 0. The van der Waals surface area contributed by atoms with Crippen LogP contribution < -0.4 is 0 Å². The molecule has 3 nitrogen and oxygen atoms in total. The molecule has 1 aromatic carbocycles. The molecule has 0 spiro atoms. The Morgan fingerprint density at radius 1 is 1.38 bits per heavy atom. The molecule has 1 aromatic rings. The number of hydrogen-bond acceptors (Lipinski definition) is 2. The normalized spacial score (nSPS) is 20.1. The molecular weight excluding hydrogens is 329 g/mol. The number of rotatable bonds is 5. The van der Waals surface area contributed by atoms with Crippen molar-refractivity contribution in [3.63, 3.8) is 0 Å². The quantitative estimate of drug-likeness (QED) is 0.747. The molecule has 1 aliphatic rings. The van der Waals surface area contributed by atoms with E-state index in [1.165, 1.54) is 6.07 Å². The zero-order valence-corrected chi connectivity index (χ0v) is 14.7. The molecule has 2 rings (SSSR count). The third kappa shape index (κ3) is 3.55. The van der Waals surface area contributed by atoms with Crippen molar-refractivity contribution in [2.45, 2.75) is 43.9 Å². The Balaban J connectivity index is 2.35. The highest BCUT2D eigenvalue weighted by atomic mass is 35.5. The van der Waals surface area contributed by atoms with Crippen molar-refractivity contribution < 1.29 is 8.42 Å². The average Bonchev–Trinajstić information content (AvgIpc) is 2.90. The molecule has 0 saturated carbocycles. The van der Waals surface area contributed by atoms with Crippen molar-refractivity contribution in [1.29, 1.82) is 0 Å². The molecule has 1 atom stereocenters. The van der Waals surface area contributed by atoms with E-state index < -0.39 is 10.0 Å². The maximum absolute atomic E-state index is 12.8. The highest BCUT2D eigenvalue weighted by Gasteiger charge is 2.33. The van der Waals surface area contributed by atoms with E-state index in [1.54, 1.807) is 17.3 Å². The van der Waals surface area contributed by atoms with Crippen molar-refractivity contribution in [3.8, 4) is 0 Å². The topological polar surface area (TPSA) is 37.4 Å². The molecule has 1 fully saturated rings. The summed E-state index contributed by atoms with van der Waals surface area (Å²) in [4.78, 5) is 0.294. The molecular formula is C15H21Cl2NO2S. The minimum absolute atomic E-state index is 0.257. The Hall–Kier alpha value is -0.290. The van der Waals surface area contributed by atoms with Crippen LogP contribution >= 0.6 is 23.2 Å². The van der Waals surface area contributed by atoms with E-state index in [1.807, 2.05) is 0 Å². The van der Waals surface area contributed by atoms with Gasteiger partial charge in [0.05, 0.1) is 4.90 Å². The molecule has 0 radical (unpaired) electrons. The maximum Gasteiger partial charge on any atom is 0.243 e. The van der Waals surface area contributed by atoms with Crippen LogP contribution in [-0.2, 0) is 15.9 Å². The van der Waals surface area contributed by atoms with E-state index in [-0.39, 0.29) is 5.88 Å². The Labute approximate surface area is 137 Å². The van der Waals surface area contributed by atoms with Gasteiger partial charge in [-0.2, -0.15) is 4.31 Å². The fraction of sp³-hybridized carbons (Fsp3) is 0.600. The van der Waals surface area contributed by atoms with E-state index in [0.717, 1.165) is 24.8 Å². The summed E-state index contributed by atoms with van der Waals surface area (Å²) < 4.78 is 27.3. The third-order valence-electron chi connectivity index (χ3n) is 4.14. The second-order valence-electron chi connectivity index (χ2n) is 5.63. The van der Waals surface area contributed by atoms with E-state index >= 15 is 0 Å².